The van der Waals surface area contributed by atoms with E-state index < -0.39 is 59.8 Å². The Bertz CT molecular complexity index is 1280. The molecule has 6 rings (SSSR count). The molecule has 4 saturated heterocycles. The van der Waals surface area contributed by atoms with Crippen molar-refractivity contribution in [3.05, 3.63) is 35.9 Å². The molecule has 1 aliphatic carbocycles. The molecule has 0 unspecified atom stereocenters. The van der Waals surface area contributed by atoms with Gasteiger partial charge in [-0.2, -0.15) is 0 Å². The second kappa shape index (κ2) is 14.0. The SMILES string of the molecule is CC(C)C[C@H](NC(=O)CCC(=O)O[C@@H]1O[C@H]2O[C@@]3(C)CC[C@H]4[C@H](C)CC[C@H]([C@@H]1C)[C@@]24OO3)C(=O)N[C@@H](Cc1ccccc1)C(=O)O. The highest BCUT2D eigenvalue weighted by Gasteiger charge is 2.69. The predicted octanol–water partition coefficient (Wildman–Crippen LogP) is 3.86. The van der Waals surface area contributed by atoms with E-state index in [1.54, 1.807) is 24.3 Å². The van der Waals surface area contributed by atoms with Crippen molar-refractivity contribution in [2.75, 3.05) is 0 Å². The summed E-state index contributed by atoms with van der Waals surface area (Å²) in [5.41, 5.74) is -0.0153. The number of fused-ring (bicyclic) bond motifs is 2. The number of aliphatic carboxylic acids is 1. The number of nitrogens with one attached hydrogen (secondary N) is 2. The molecule has 5 fully saturated rings. The van der Waals surface area contributed by atoms with Crippen LogP contribution in [0.3, 0.4) is 0 Å². The largest absolute Gasteiger partial charge is 0.480 e. The van der Waals surface area contributed by atoms with Crippen molar-refractivity contribution in [1.82, 2.24) is 10.6 Å². The van der Waals surface area contributed by atoms with Crippen LogP contribution in [-0.4, -0.2) is 64.9 Å². The van der Waals surface area contributed by atoms with Gasteiger partial charge in [0.2, 0.25) is 23.9 Å². The molecule has 12 heteroatoms. The number of carbonyl (C=O) groups is 4. The third kappa shape index (κ3) is 7.25. The maximum absolute atomic E-state index is 13.2. The molecule has 2 amide bonds. The Labute approximate surface area is 270 Å². The third-order valence-electron chi connectivity index (χ3n) is 10.2. The van der Waals surface area contributed by atoms with Crippen LogP contribution in [0.15, 0.2) is 30.3 Å². The van der Waals surface area contributed by atoms with Gasteiger partial charge in [0.15, 0.2) is 11.9 Å². The van der Waals surface area contributed by atoms with Crippen molar-refractivity contribution in [3.63, 3.8) is 0 Å². The lowest BCUT2D eigenvalue weighted by atomic mass is 9.58. The predicted molar refractivity (Wildman–Crippen MR) is 163 cm³/mol. The van der Waals surface area contributed by atoms with Crippen LogP contribution in [0, 0.1) is 29.6 Å². The molecule has 12 nitrogen and oxygen atoms in total. The maximum Gasteiger partial charge on any atom is 0.326 e. The van der Waals surface area contributed by atoms with Gasteiger partial charge in [0.25, 0.3) is 0 Å². The van der Waals surface area contributed by atoms with E-state index in [4.69, 9.17) is 24.0 Å². The fraction of sp³-hybridized carbons (Fsp3) is 0.706. The van der Waals surface area contributed by atoms with E-state index in [0.29, 0.717) is 18.8 Å². The molecular weight excluding hydrogens is 596 g/mol. The standard InChI is InChI=1S/C34H48N2O10/c1-19(2)17-25(29(39)36-26(30(40)41)18-22-9-7-6-8-10-22)35-27(37)13-14-28(38)42-31-21(4)24-12-11-20(3)23-15-16-33(5)44-32(43-31)34(23,24)46-45-33/h6-10,19-21,23-26,31-32H,11-18H2,1-5H3,(H,35,37)(H,36,39)(H,40,41)/t20-,21+,23+,24-,25+,26+,31-,32+,33-,34-/m1/s1. The van der Waals surface area contributed by atoms with Crippen molar-refractivity contribution in [3.8, 4) is 0 Å². The number of hydrogen-bond acceptors (Lipinski definition) is 9. The topological polar surface area (TPSA) is 159 Å². The summed E-state index contributed by atoms with van der Waals surface area (Å²) >= 11 is 0. The highest BCUT2D eigenvalue weighted by Crippen LogP contribution is 2.60. The summed E-state index contributed by atoms with van der Waals surface area (Å²) in [5.74, 6) is -3.43. The van der Waals surface area contributed by atoms with Gasteiger partial charge in [-0.3, -0.25) is 14.4 Å². The van der Waals surface area contributed by atoms with E-state index in [1.807, 2.05) is 33.8 Å². The summed E-state index contributed by atoms with van der Waals surface area (Å²) in [7, 11) is 0. The van der Waals surface area contributed by atoms with E-state index in [9.17, 15) is 24.3 Å². The molecule has 4 aliphatic heterocycles. The molecule has 0 radical (unpaired) electrons. The molecule has 1 aromatic rings. The van der Waals surface area contributed by atoms with Crippen LogP contribution in [0.2, 0.25) is 0 Å². The van der Waals surface area contributed by atoms with Crippen LogP contribution in [-0.2, 0) is 49.6 Å². The van der Waals surface area contributed by atoms with Gasteiger partial charge < -0.3 is 30.0 Å². The Morgan fingerprint density at radius 1 is 0.978 bits per heavy atom. The number of carboxylic acid groups (broad SMARTS) is 1. The van der Waals surface area contributed by atoms with Crippen LogP contribution in [0.1, 0.15) is 85.1 Å². The van der Waals surface area contributed by atoms with Gasteiger partial charge in [0, 0.05) is 31.1 Å². The fourth-order valence-corrected chi connectivity index (χ4v) is 7.70. The number of carbonyl (C=O) groups excluding carboxylic acids is 3. The second-order valence-electron chi connectivity index (χ2n) is 14.1. The Kier molecular flexibility index (Phi) is 10.4. The van der Waals surface area contributed by atoms with Gasteiger partial charge >= 0.3 is 11.9 Å². The molecule has 10 atom stereocenters. The highest BCUT2D eigenvalue weighted by atomic mass is 17.3. The van der Waals surface area contributed by atoms with Gasteiger partial charge in [-0.05, 0) is 55.9 Å². The third-order valence-corrected chi connectivity index (χ3v) is 10.2. The van der Waals surface area contributed by atoms with Gasteiger partial charge in [0.05, 0.1) is 6.42 Å². The Morgan fingerprint density at radius 3 is 2.41 bits per heavy atom. The molecule has 1 saturated carbocycles. The zero-order chi connectivity index (χ0) is 33.2. The van der Waals surface area contributed by atoms with Crippen molar-refractivity contribution in [2.45, 2.75) is 122 Å². The Morgan fingerprint density at radius 2 is 1.72 bits per heavy atom. The molecule has 0 aromatic heterocycles. The summed E-state index contributed by atoms with van der Waals surface area (Å²) in [5, 5.41) is 15.0. The second-order valence-corrected chi connectivity index (χ2v) is 14.1. The minimum Gasteiger partial charge on any atom is -0.480 e. The quantitative estimate of drug-likeness (QED) is 0.225. The normalized spacial score (nSPS) is 34.5. The molecule has 3 N–H and O–H groups in total. The van der Waals surface area contributed by atoms with Crippen molar-refractivity contribution in [1.29, 1.82) is 0 Å². The number of benzene rings is 1. The minimum atomic E-state index is -1.17. The molecule has 5 aliphatic rings. The Balaban J connectivity index is 1.16. The summed E-state index contributed by atoms with van der Waals surface area (Å²) in [6, 6.07) is 6.86. The lowest BCUT2D eigenvalue weighted by molar-refractivity contribution is -0.576. The molecular formula is C34H48N2O10. The van der Waals surface area contributed by atoms with Gasteiger partial charge in [-0.15, -0.1) is 0 Å². The molecule has 1 aromatic carbocycles. The van der Waals surface area contributed by atoms with E-state index in [2.05, 4.69) is 17.6 Å². The zero-order valence-corrected chi connectivity index (χ0v) is 27.4. The monoisotopic (exact) mass is 644 g/mol. The summed E-state index contributed by atoms with van der Waals surface area (Å²) in [4.78, 5) is 63.0. The van der Waals surface area contributed by atoms with Crippen molar-refractivity contribution >= 4 is 23.8 Å². The summed E-state index contributed by atoms with van der Waals surface area (Å²) < 4.78 is 18.4. The van der Waals surface area contributed by atoms with E-state index in [-0.39, 0.29) is 42.9 Å². The Hall–Kier alpha value is -3.06. The first-order valence-electron chi connectivity index (χ1n) is 16.6. The average Bonchev–Trinajstić information content (AvgIpc) is 3.24. The minimum absolute atomic E-state index is 0.0111. The number of hydrogen-bond donors (Lipinski definition) is 3. The number of carboxylic acids is 1. The lowest BCUT2D eigenvalue weighted by Gasteiger charge is -2.59. The molecule has 1 spiro atoms. The lowest BCUT2D eigenvalue weighted by Crippen LogP contribution is -2.70. The number of rotatable bonds is 12. The zero-order valence-electron chi connectivity index (χ0n) is 27.4. The van der Waals surface area contributed by atoms with Crippen molar-refractivity contribution < 1.29 is 48.3 Å². The van der Waals surface area contributed by atoms with Crippen LogP contribution < -0.4 is 10.6 Å². The van der Waals surface area contributed by atoms with Crippen molar-refractivity contribution in [2.24, 2.45) is 29.6 Å². The number of esters is 1. The van der Waals surface area contributed by atoms with Crippen LogP contribution in [0.5, 0.6) is 0 Å². The van der Waals surface area contributed by atoms with Crippen LogP contribution in [0.25, 0.3) is 0 Å². The van der Waals surface area contributed by atoms with Gasteiger partial charge in [-0.1, -0.05) is 58.0 Å². The summed E-state index contributed by atoms with van der Waals surface area (Å²) in [6.07, 6.45) is 1.75. The number of amides is 2. The first-order valence-corrected chi connectivity index (χ1v) is 16.6. The maximum atomic E-state index is 13.2. The van der Waals surface area contributed by atoms with E-state index in [1.165, 1.54) is 0 Å². The molecule has 254 valence electrons. The fourth-order valence-electron chi connectivity index (χ4n) is 7.70. The van der Waals surface area contributed by atoms with Gasteiger partial charge in [0.1, 0.15) is 12.1 Å². The summed E-state index contributed by atoms with van der Waals surface area (Å²) in [6.45, 7) is 9.83. The van der Waals surface area contributed by atoms with E-state index in [0.717, 1.165) is 24.8 Å². The molecule has 4 heterocycles. The van der Waals surface area contributed by atoms with E-state index >= 15 is 0 Å². The van der Waals surface area contributed by atoms with Crippen LogP contribution >= 0.6 is 0 Å². The first-order chi connectivity index (χ1) is 21.8. The number of ether oxygens (including phenoxy) is 3. The first kappa shape index (κ1) is 34.3. The molecule has 2 bridgehead atoms. The highest BCUT2D eigenvalue weighted by molar-refractivity contribution is 5.91. The van der Waals surface area contributed by atoms with Gasteiger partial charge in [-0.25, -0.2) is 14.6 Å². The molecule has 46 heavy (non-hydrogen) atoms. The van der Waals surface area contributed by atoms with Crippen LogP contribution in [0.4, 0.5) is 0 Å². The average molecular weight is 645 g/mol. The smallest absolute Gasteiger partial charge is 0.326 e.